The molecule has 5 unspecified atom stereocenters. The van der Waals surface area contributed by atoms with Crippen LogP contribution in [-0.2, 0) is 19.0 Å². The van der Waals surface area contributed by atoms with Crippen LogP contribution in [0.4, 0.5) is 4.39 Å². The molecular formula is C16H15FN3O5Pb. The second-order valence-corrected chi connectivity index (χ2v) is 8.00. The van der Waals surface area contributed by atoms with Gasteiger partial charge in [0.15, 0.2) is 0 Å². The SMILES string of the molecule is O=C(O)C1CC(n2cc(-c3cccc(F)c3)nn2)C2O[CH]([Pb])OCC2O1. The fourth-order valence-corrected chi connectivity index (χ4v) is 4.24. The Kier molecular flexibility index (Phi) is 5.03. The van der Waals surface area contributed by atoms with Crippen molar-refractivity contribution in [3.63, 3.8) is 0 Å². The molecule has 1 N–H and O–H groups in total. The summed E-state index contributed by atoms with van der Waals surface area (Å²) < 4.78 is 31.8. The quantitative estimate of drug-likeness (QED) is 0.559. The molecule has 5 atom stereocenters. The van der Waals surface area contributed by atoms with Crippen molar-refractivity contribution in [3.05, 3.63) is 36.3 Å². The molecule has 8 nitrogen and oxygen atoms in total. The van der Waals surface area contributed by atoms with Crippen LogP contribution in [0, 0.1) is 5.82 Å². The number of halogens is 1. The average Bonchev–Trinajstić information content (AvgIpc) is 3.10. The van der Waals surface area contributed by atoms with Crippen molar-refractivity contribution in [3.8, 4) is 11.3 Å². The van der Waals surface area contributed by atoms with Crippen LogP contribution in [0.1, 0.15) is 12.5 Å². The monoisotopic (exact) mass is 556 g/mol. The van der Waals surface area contributed by atoms with Crippen molar-refractivity contribution < 1.29 is 28.5 Å². The fourth-order valence-electron chi connectivity index (χ4n) is 3.26. The third-order valence-electron chi connectivity index (χ3n) is 4.48. The summed E-state index contributed by atoms with van der Waals surface area (Å²) >= 11 is 0.687. The summed E-state index contributed by atoms with van der Waals surface area (Å²) in [6.45, 7) is 0.282. The van der Waals surface area contributed by atoms with Crippen molar-refractivity contribution >= 4 is 31.7 Å². The number of hydrogen-bond donors (Lipinski definition) is 1. The number of fused-ring (bicyclic) bond motifs is 1. The van der Waals surface area contributed by atoms with E-state index >= 15 is 0 Å². The van der Waals surface area contributed by atoms with Gasteiger partial charge in [-0.25, -0.2) is 0 Å². The van der Waals surface area contributed by atoms with Crippen LogP contribution in [0.5, 0.6) is 0 Å². The van der Waals surface area contributed by atoms with Crippen LogP contribution >= 0.6 is 0 Å². The van der Waals surface area contributed by atoms with Crippen molar-refractivity contribution in [1.29, 1.82) is 0 Å². The van der Waals surface area contributed by atoms with Crippen LogP contribution < -0.4 is 0 Å². The number of carbonyl (C=O) groups is 1. The molecule has 10 heteroatoms. The van der Waals surface area contributed by atoms with E-state index in [0.29, 0.717) is 37.0 Å². The molecule has 26 heavy (non-hydrogen) atoms. The number of benzene rings is 1. The predicted molar refractivity (Wildman–Crippen MR) is 85.7 cm³/mol. The van der Waals surface area contributed by atoms with E-state index in [2.05, 4.69) is 10.3 Å². The summed E-state index contributed by atoms with van der Waals surface area (Å²) in [6.07, 6.45) is 0.0601. The molecule has 0 amide bonds. The first kappa shape index (κ1) is 18.0. The Morgan fingerprint density at radius 3 is 3.00 bits per heavy atom. The standard InChI is InChI=1S/C16H15FN3O5.Pb/c17-10-3-1-2-9(4-10)11-6-20(19-18-11)12-5-13(16(21)22)25-14-7-23-8-24-15(12)14;/h1-4,6,8,12-15H,5,7H2,(H,21,22);. The first-order chi connectivity index (χ1) is 12.5. The zero-order valence-corrected chi connectivity index (χ0v) is 17.4. The summed E-state index contributed by atoms with van der Waals surface area (Å²) in [5.41, 5.74) is 1.11. The van der Waals surface area contributed by atoms with Gasteiger partial charge in [0, 0.05) is 0 Å². The van der Waals surface area contributed by atoms with E-state index < -0.39 is 18.2 Å². The molecule has 0 aliphatic carbocycles. The molecule has 2 aromatic rings. The summed E-state index contributed by atoms with van der Waals surface area (Å²) in [4.78, 5) is 11.4. The number of ether oxygens (including phenoxy) is 3. The number of carboxylic acids is 1. The van der Waals surface area contributed by atoms with Gasteiger partial charge in [-0.15, -0.1) is 0 Å². The molecule has 1 aromatic heterocycles. The van der Waals surface area contributed by atoms with Gasteiger partial charge >= 0.3 is 164 Å². The minimum atomic E-state index is -1.04. The van der Waals surface area contributed by atoms with E-state index in [1.165, 1.54) is 12.1 Å². The van der Waals surface area contributed by atoms with Crippen LogP contribution in [0.3, 0.4) is 0 Å². The van der Waals surface area contributed by atoms with Crippen molar-refractivity contribution in [2.45, 2.75) is 34.6 Å². The molecule has 2 fully saturated rings. The summed E-state index contributed by atoms with van der Waals surface area (Å²) in [5, 5.41) is 17.6. The van der Waals surface area contributed by atoms with E-state index in [0.717, 1.165) is 0 Å². The maximum absolute atomic E-state index is 13.5. The van der Waals surface area contributed by atoms with Gasteiger partial charge < -0.3 is 0 Å². The van der Waals surface area contributed by atoms with Crippen LogP contribution in [0.25, 0.3) is 11.3 Å². The summed E-state index contributed by atoms with van der Waals surface area (Å²) in [7, 11) is 0. The van der Waals surface area contributed by atoms with E-state index in [1.54, 1.807) is 23.0 Å². The molecule has 2 aliphatic heterocycles. The summed E-state index contributed by atoms with van der Waals surface area (Å²) in [6, 6.07) is 5.71. The Balaban J connectivity index is 1.64. The van der Waals surface area contributed by atoms with Crippen molar-refractivity contribution in [1.82, 2.24) is 15.0 Å². The zero-order valence-electron chi connectivity index (χ0n) is 13.5. The van der Waals surface area contributed by atoms with E-state index in [1.807, 2.05) is 0 Å². The van der Waals surface area contributed by atoms with Crippen molar-refractivity contribution in [2.24, 2.45) is 0 Å². The van der Waals surface area contributed by atoms with Crippen LogP contribution in [0.15, 0.2) is 30.5 Å². The Bertz CT molecular complexity index is 819. The first-order valence-electron chi connectivity index (χ1n) is 8.05. The molecule has 0 saturated carbocycles. The third-order valence-corrected chi connectivity index (χ3v) is 5.66. The summed E-state index contributed by atoms with van der Waals surface area (Å²) in [5.74, 6) is -1.40. The van der Waals surface area contributed by atoms with Gasteiger partial charge in [0.2, 0.25) is 0 Å². The number of rotatable bonds is 3. The number of aliphatic carboxylic acids is 1. The number of hydrogen-bond acceptors (Lipinski definition) is 6. The Hall–Kier alpha value is -1.44. The number of carboxylic acid groups (broad SMARTS) is 1. The Morgan fingerprint density at radius 1 is 1.38 bits per heavy atom. The molecule has 135 valence electrons. The topological polar surface area (TPSA) is 95.7 Å². The molecule has 2 saturated heterocycles. The second-order valence-electron chi connectivity index (χ2n) is 6.16. The maximum atomic E-state index is 13.5. The van der Waals surface area contributed by atoms with E-state index in [9.17, 15) is 14.3 Å². The molecule has 1 aromatic carbocycles. The molecule has 3 radical (unpaired) electrons. The van der Waals surface area contributed by atoms with Gasteiger partial charge in [-0.3, -0.25) is 0 Å². The average molecular weight is 556 g/mol. The van der Waals surface area contributed by atoms with E-state index in [4.69, 9.17) is 14.2 Å². The molecular weight excluding hydrogens is 540 g/mol. The third kappa shape index (κ3) is 3.52. The number of nitrogens with zero attached hydrogens (tertiary/aromatic N) is 3. The molecule has 3 heterocycles. The van der Waals surface area contributed by atoms with Gasteiger partial charge in [-0.2, -0.15) is 0 Å². The molecule has 2 aliphatic rings. The number of aromatic nitrogens is 3. The normalized spacial score (nSPS) is 31.4. The second kappa shape index (κ2) is 7.29. The van der Waals surface area contributed by atoms with Gasteiger partial charge in [0.25, 0.3) is 0 Å². The molecule has 0 bridgehead atoms. The zero-order chi connectivity index (χ0) is 18.3. The van der Waals surface area contributed by atoms with Gasteiger partial charge in [0.1, 0.15) is 0 Å². The van der Waals surface area contributed by atoms with Crippen LogP contribution in [-0.4, -0.2) is 80.6 Å². The Labute approximate surface area is 163 Å². The Morgan fingerprint density at radius 2 is 2.23 bits per heavy atom. The van der Waals surface area contributed by atoms with Gasteiger partial charge in [0.05, 0.1) is 0 Å². The van der Waals surface area contributed by atoms with E-state index in [-0.39, 0.29) is 34.8 Å². The van der Waals surface area contributed by atoms with Crippen molar-refractivity contribution in [2.75, 3.05) is 6.61 Å². The predicted octanol–water partition coefficient (Wildman–Crippen LogP) is 0.735. The minimum absolute atomic E-state index is 0.205. The van der Waals surface area contributed by atoms with Gasteiger partial charge in [-0.1, -0.05) is 0 Å². The fraction of sp³-hybridized carbons (Fsp3) is 0.438. The first-order valence-corrected chi connectivity index (χ1v) is 10.3. The van der Waals surface area contributed by atoms with Crippen LogP contribution in [0.2, 0.25) is 0 Å². The molecule has 0 spiro atoms. The van der Waals surface area contributed by atoms with Gasteiger partial charge in [-0.05, 0) is 0 Å². The molecule has 4 rings (SSSR count).